The number of carbonyl (C=O) groups excluding carboxylic acids is 2. The van der Waals surface area contributed by atoms with E-state index >= 15 is 0 Å². The van der Waals surface area contributed by atoms with Crippen LogP contribution in [0.1, 0.15) is 38.5 Å². The van der Waals surface area contributed by atoms with Crippen LogP contribution in [0.4, 0.5) is 0 Å². The van der Waals surface area contributed by atoms with E-state index in [9.17, 15) is 14.7 Å². The summed E-state index contributed by atoms with van der Waals surface area (Å²) in [6, 6.07) is -0.514. The summed E-state index contributed by atoms with van der Waals surface area (Å²) in [5, 5.41) is 15.5. The van der Waals surface area contributed by atoms with Crippen molar-refractivity contribution in [2.45, 2.75) is 56.7 Å². The topological polar surface area (TPSA) is 104 Å². The summed E-state index contributed by atoms with van der Waals surface area (Å²) in [6.45, 7) is 0.653. The van der Waals surface area contributed by atoms with Gasteiger partial charge in [0.15, 0.2) is 0 Å². The van der Waals surface area contributed by atoms with Gasteiger partial charge in [-0.1, -0.05) is 12.8 Å². The molecule has 2 rings (SSSR count). The summed E-state index contributed by atoms with van der Waals surface area (Å²) in [6.07, 6.45) is 4.03. The second-order valence-corrected chi connectivity index (χ2v) is 5.61. The molecule has 6 nitrogen and oxygen atoms in total. The Morgan fingerprint density at radius 2 is 2.11 bits per heavy atom. The van der Waals surface area contributed by atoms with Crippen LogP contribution in [-0.4, -0.2) is 41.7 Å². The van der Waals surface area contributed by atoms with Crippen molar-refractivity contribution in [3.05, 3.63) is 0 Å². The number of hydrogen-bond donors (Lipinski definition) is 4. The fraction of sp³-hybridized carbons (Fsp3) is 0.846. The highest BCUT2D eigenvalue weighted by molar-refractivity contribution is 5.82. The molecule has 6 heteroatoms. The van der Waals surface area contributed by atoms with Gasteiger partial charge in [0.25, 0.3) is 5.91 Å². The van der Waals surface area contributed by atoms with Crippen molar-refractivity contribution in [2.75, 3.05) is 6.54 Å². The van der Waals surface area contributed by atoms with Crippen molar-refractivity contribution in [1.82, 2.24) is 10.6 Å². The number of amides is 2. The Kier molecular flexibility index (Phi) is 4.76. The second kappa shape index (κ2) is 6.34. The molecule has 0 aromatic rings. The minimum absolute atomic E-state index is 0.0288. The lowest BCUT2D eigenvalue weighted by Gasteiger charge is -2.22. The Balaban J connectivity index is 1.78. The van der Waals surface area contributed by atoms with Crippen LogP contribution in [0.25, 0.3) is 0 Å². The molecule has 0 spiro atoms. The summed E-state index contributed by atoms with van der Waals surface area (Å²) in [5.41, 5.74) is 5.84. The van der Waals surface area contributed by atoms with E-state index in [-0.39, 0.29) is 17.9 Å². The molecule has 3 atom stereocenters. The molecule has 1 saturated carbocycles. The summed E-state index contributed by atoms with van der Waals surface area (Å²) >= 11 is 0. The van der Waals surface area contributed by atoms with Gasteiger partial charge in [0, 0.05) is 24.5 Å². The number of aliphatic hydroxyl groups is 1. The van der Waals surface area contributed by atoms with E-state index in [4.69, 9.17) is 5.73 Å². The predicted octanol–water partition coefficient (Wildman–Crippen LogP) is -0.740. The van der Waals surface area contributed by atoms with Crippen molar-refractivity contribution in [3.63, 3.8) is 0 Å². The van der Waals surface area contributed by atoms with Gasteiger partial charge in [-0.25, -0.2) is 0 Å². The molecular weight excluding hydrogens is 246 g/mol. The molecule has 0 radical (unpaired) electrons. The van der Waals surface area contributed by atoms with Gasteiger partial charge < -0.3 is 21.5 Å². The van der Waals surface area contributed by atoms with Gasteiger partial charge in [0.05, 0.1) is 0 Å². The molecule has 19 heavy (non-hydrogen) atoms. The minimum Gasteiger partial charge on any atom is -0.382 e. The van der Waals surface area contributed by atoms with Crippen molar-refractivity contribution in [1.29, 1.82) is 0 Å². The van der Waals surface area contributed by atoms with E-state index in [0.717, 1.165) is 32.1 Å². The van der Waals surface area contributed by atoms with Gasteiger partial charge in [0.2, 0.25) is 5.91 Å². The lowest BCUT2D eigenvalue weighted by atomic mass is 9.95. The van der Waals surface area contributed by atoms with E-state index in [1.165, 1.54) is 0 Å². The first-order valence-electron chi connectivity index (χ1n) is 7.09. The van der Waals surface area contributed by atoms with Gasteiger partial charge in [-0.15, -0.1) is 0 Å². The highest BCUT2D eigenvalue weighted by Crippen LogP contribution is 2.19. The first kappa shape index (κ1) is 14.3. The van der Waals surface area contributed by atoms with E-state index in [1.54, 1.807) is 0 Å². The van der Waals surface area contributed by atoms with Gasteiger partial charge >= 0.3 is 0 Å². The average molecular weight is 269 g/mol. The Hall–Kier alpha value is -1.14. The van der Waals surface area contributed by atoms with Gasteiger partial charge in [-0.2, -0.15) is 0 Å². The van der Waals surface area contributed by atoms with E-state index in [0.29, 0.717) is 13.0 Å². The Morgan fingerprint density at radius 3 is 2.68 bits per heavy atom. The zero-order chi connectivity index (χ0) is 13.8. The lowest BCUT2D eigenvalue weighted by molar-refractivity contribution is -0.132. The summed E-state index contributed by atoms with van der Waals surface area (Å²) in [4.78, 5) is 23.3. The molecule has 5 N–H and O–H groups in total. The molecule has 2 fully saturated rings. The monoisotopic (exact) mass is 269 g/mol. The van der Waals surface area contributed by atoms with E-state index in [2.05, 4.69) is 10.6 Å². The molecule has 0 aromatic heterocycles. The zero-order valence-electron chi connectivity index (χ0n) is 11.1. The van der Waals surface area contributed by atoms with E-state index < -0.39 is 18.1 Å². The average Bonchev–Trinajstić information content (AvgIpc) is 3.01. The number of aliphatic hydroxyl groups excluding tert-OH is 1. The fourth-order valence-corrected chi connectivity index (χ4v) is 2.88. The van der Waals surface area contributed by atoms with Gasteiger partial charge in [0.1, 0.15) is 6.10 Å². The van der Waals surface area contributed by atoms with Crippen LogP contribution in [0.3, 0.4) is 0 Å². The van der Waals surface area contributed by atoms with Crippen LogP contribution in [0.5, 0.6) is 0 Å². The summed E-state index contributed by atoms with van der Waals surface area (Å²) in [7, 11) is 0. The number of nitrogens with two attached hydrogens (primary N) is 1. The maximum absolute atomic E-state index is 11.9. The molecule has 108 valence electrons. The van der Waals surface area contributed by atoms with Crippen LogP contribution in [0.15, 0.2) is 0 Å². The SMILES string of the molecule is N[C@@H](C[C@@H]1CCNC1=O)C(O)C(=O)NC1CCCC1. The van der Waals surface area contributed by atoms with Gasteiger partial charge in [-0.3, -0.25) is 9.59 Å². The number of hydrogen-bond acceptors (Lipinski definition) is 4. The molecule has 0 bridgehead atoms. The second-order valence-electron chi connectivity index (χ2n) is 5.61. The van der Waals surface area contributed by atoms with Crippen LogP contribution < -0.4 is 16.4 Å². The largest absolute Gasteiger partial charge is 0.382 e. The number of nitrogens with one attached hydrogen (secondary N) is 2. The molecule has 1 saturated heterocycles. The number of rotatable bonds is 5. The molecule has 1 heterocycles. The highest BCUT2D eigenvalue weighted by Gasteiger charge is 2.32. The molecule has 1 unspecified atom stereocenters. The van der Waals surface area contributed by atoms with Crippen LogP contribution in [-0.2, 0) is 9.59 Å². The smallest absolute Gasteiger partial charge is 0.250 e. The van der Waals surface area contributed by atoms with Crippen LogP contribution in [0, 0.1) is 5.92 Å². The third kappa shape index (κ3) is 3.67. The van der Waals surface area contributed by atoms with E-state index in [1.807, 2.05) is 0 Å². The van der Waals surface area contributed by atoms with Crippen molar-refractivity contribution in [3.8, 4) is 0 Å². The molecule has 1 aliphatic carbocycles. The normalized spacial score (nSPS) is 27.1. The maximum atomic E-state index is 11.9. The molecular formula is C13H23N3O3. The summed E-state index contributed by atoms with van der Waals surface area (Å²) in [5.74, 6) is -0.611. The van der Waals surface area contributed by atoms with Crippen molar-refractivity contribution in [2.24, 2.45) is 11.7 Å². The Bertz CT molecular complexity index is 342. The first-order chi connectivity index (χ1) is 9.08. The Labute approximate surface area is 113 Å². The van der Waals surface area contributed by atoms with Crippen LogP contribution in [0.2, 0.25) is 0 Å². The number of carbonyl (C=O) groups is 2. The maximum Gasteiger partial charge on any atom is 0.250 e. The first-order valence-corrected chi connectivity index (χ1v) is 7.09. The zero-order valence-corrected chi connectivity index (χ0v) is 11.1. The third-order valence-corrected chi connectivity index (χ3v) is 4.10. The van der Waals surface area contributed by atoms with Gasteiger partial charge in [-0.05, 0) is 25.7 Å². The molecule has 2 aliphatic rings. The molecule has 2 amide bonds. The van der Waals surface area contributed by atoms with Crippen molar-refractivity contribution < 1.29 is 14.7 Å². The molecule has 1 aliphatic heterocycles. The third-order valence-electron chi connectivity index (χ3n) is 4.10. The molecule has 0 aromatic carbocycles. The van der Waals surface area contributed by atoms with Crippen molar-refractivity contribution >= 4 is 11.8 Å². The highest BCUT2D eigenvalue weighted by atomic mass is 16.3. The fourth-order valence-electron chi connectivity index (χ4n) is 2.88. The minimum atomic E-state index is -1.23. The Morgan fingerprint density at radius 1 is 1.42 bits per heavy atom. The predicted molar refractivity (Wildman–Crippen MR) is 70.1 cm³/mol. The standard InChI is InChI=1S/C13H23N3O3/c14-10(7-8-5-6-15-12(8)18)11(17)13(19)16-9-3-1-2-4-9/h8-11,17H,1-7,14H2,(H,15,18)(H,16,19)/t8-,10-,11?/m0/s1. The lowest BCUT2D eigenvalue weighted by Crippen LogP contribution is -2.49. The van der Waals surface area contributed by atoms with Crippen LogP contribution >= 0.6 is 0 Å². The summed E-state index contributed by atoms with van der Waals surface area (Å²) < 4.78 is 0. The quantitative estimate of drug-likeness (QED) is 0.527.